The second-order valence-electron chi connectivity index (χ2n) is 10.3. The smallest absolute Gasteiger partial charge is 0.339 e. The topological polar surface area (TPSA) is 96.5 Å². The van der Waals surface area contributed by atoms with Gasteiger partial charge in [0.15, 0.2) is 12.4 Å². The summed E-state index contributed by atoms with van der Waals surface area (Å²) in [6, 6.07) is 27.8. The van der Waals surface area contributed by atoms with Gasteiger partial charge in [0.25, 0.3) is 0 Å². The van der Waals surface area contributed by atoms with Crippen LogP contribution in [-0.2, 0) is 20.7 Å². The molecule has 1 aliphatic carbocycles. The molecule has 1 saturated heterocycles. The number of ketones is 1. The number of fused-ring (bicyclic) bond motifs is 4. The third-order valence-electron chi connectivity index (χ3n) is 7.73. The van der Waals surface area contributed by atoms with E-state index in [1.165, 1.54) is 16.0 Å². The average Bonchev–Trinajstić information content (AvgIpc) is 3.70. The molecule has 0 saturated carbocycles. The standard InChI is InChI=1S/C34H24N2O5S/c37-29(22-10-12-26-23(16-22)15-21-5-1-2-6-25(21)26)19-41-34(40)27-7-3-4-8-30(27)42-31-18-32(38)36(33(31)39)24-11-9-20-13-14-35-28(20)17-24/h1-14,16-17,31,35H,15,18-19H2. The first kappa shape index (κ1) is 26.0. The Hall–Kier alpha value is -4.95. The molecule has 42 heavy (non-hydrogen) atoms. The molecule has 5 aromatic rings. The van der Waals surface area contributed by atoms with E-state index in [4.69, 9.17) is 4.74 Å². The van der Waals surface area contributed by atoms with Crippen LogP contribution in [0.15, 0.2) is 102 Å². The number of aromatic amines is 1. The Morgan fingerprint density at radius 3 is 2.60 bits per heavy atom. The van der Waals surface area contributed by atoms with Gasteiger partial charge in [-0.05, 0) is 70.5 Å². The maximum atomic E-state index is 13.3. The maximum Gasteiger partial charge on any atom is 0.339 e. The highest BCUT2D eigenvalue weighted by Gasteiger charge is 2.40. The number of carbonyl (C=O) groups excluding carboxylic acids is 4. The molecule has 1 fully saturated rings. The van der Waals surface area contributed by atoms with E-state index in [2.05, 4.69) is 17.1 Å². The number of aromatic nitrogens is 1. The number of esters is 1. The normalized spacial score (nSPS) is 15.6. The molecule has 1 unspecified atom stereocenters. The molecule has 8 heteroatoms. The van der Waals surface area contributed by atoms with Crippen LogP contribution in [0.2, 0.25) is 0 Å². The summed E-state index contributed by atoms with van der Waals surface area (Å²) in [6.45, 7) is -0.403. The van der Waals surface area contributed by atoms with E-state index in [0.29, 0.717) is 16.1 Å². The second-order valence-corrected chi connectivity index (χ2v) is 11.6. The first-order chi connectivity index (χ1) is 20.5. The van der Waals surface area contributed by atoms with E-state index in [-0.39, 0.29) is 29.6 Å². The number of carbonyl (C=O) groups is 4. The minimum Gasteiger partial charge on any atom is -0.454 e. The summed E-state index contributed by atoms with van der Waals surface area (Å²) in [4.78, 5) is 57.1. The van der Waals surface area contributed by atoms with E-state index in [0.717, 1.165) is 40.2 Å². The van der Waals surface area contributed by atoms with Crippen LogP contribution in [0.25, 0.3) is 22.0 Å². The van der Waals surface area contributed by atoms with Crippen LogP contribution in [0.5, 0.6) is 0 Å². The Balaban J connectivity index is 1.03. The fourth-order valence-corrected chi connectivity index (χ4v) is 6.82. The van der Waals surface area contributed by atoms with E-state index < -0.39 is 17.8 Å². The van der Waals surface area contributed by atoms with Gasteiger partial charge in [-0.2, -0.15) is 0 Å². The number of hydrogen-bond acceptors (Lipinski definition) is 6. The van der Waals surface area contributed by atoms with Crippen molar-refractivity contribution in [1.82, 2.24) is 4.98 Å². The fourth-order valence-electron chi connectivity index (χ4n) is 5.64. The molecule has 7 nitrogen and oxygen atoms in total. The molecular formula is C34H24N2O5S. The Labute approximate surface area is 245 Å². The molecule has 2 amide bonds. The van der Waals surface area contributed by atoms with Crippen molar-refractivity contribution in [3.05, 3.63) is 119 Å². The third kappa shape index (κ3) is 4.59. The maximum absolute atomic E-state index is 13.3. The Morgan fingerprint density at radius 1 is 0.881 bits per heavy atom. The van der Waals surface area contributed by atoms with Crippen molar-refractivity contribution in [2.45, 2.75) is 23.0 Å². The highest BCUT2D eigenvalue weighted by Crippen LogP contribution is 2.38. The van der Waals surface area contributed by atoms with Gasteiger partial charge < -0.3 is 9.72 Å². The monoisotopic (exact) mass is 572 g/mol. The summed E-state index contributed by atoms with van der Waals surface area (Å²) >= 11 is 1.15. The number of nitrogens with zero attached hydrogens (tertiary/aromatic N) is 1. The molecule has 0 radical (unpaired) electrons. The van der Waals surface area contributed by atoms with Gasteiger partial charge in [0.1, 0.15) is 0 Å². The second kappa shape index (κ2) is 10.5. The van der Waals surface area contributed by atoms with Gasteiger partial charge in [0.2, 0.25) is 11.8 Å². The van der Waals surface area contributed by atoms with Gasteiger partial charge in [-0.15, -0.1) is 11.8 Å². The van der Waals surface area contributed by atoms with Gasteiger partial charge in [-0.1, -0.05) is 54.6 Å². The summed E-state index contributed by atoms with van der Waals surface area (Å²) in [7, 11) is 0. The Bertz CT molecular complexity index is 1930. The van der Waals surface area contributed by atoms with Crippen molar-refractivity contribution < 1.29 is 23.9 Å². The molecule has 0 spiro atoms. The van der Waals surface area contributed by atoms with Crippen LogP contribution in [0, 0.1) is 0 Å². The summed E-state index contributed by atoms with van der Waals surface area (Å²) < 4.78 is 5.43. The predicted molar refractivity (Wildman–Crippen MR) is 161 cm³/mol. The van der Waals surface area contributed by atoms with Gasteiger partial charge in [0, 0.05) is 28.6 Å². The van der Waals surface area contributed by atoms with Crippen molar-refractivity contribution in [1.29, 1.82) is 0 Å². The summed E-state index contributed by atoms with van der Waals surface area (Å²) in [5, 5.41) is 0.291. The quantitative estimate of drug-likeness (QED) is 0.139. The van der Waals surface area contributed by atoms with Crippen LogP contribution in [0.4, 0.5) is 5.69 Å². The lowest BCUT2D eigenvalue weighted by molar-refractivity contribution is -0.121. The molecule has 1 aliphatic heterocycles. The highest BCUT2D eigenvalue weighted by atomic mass is 32.2. The first-order valence-electron chi connectivity index (χ1n) is 13.6. The Kier molecular flexibility index (Phi) is 6.47. The van der Waals surface area contributed by atoms with E-state index in [1.54, 1.807) is 48.7 Å². The number of nitrogens with one attached hydrogen (secondary N) is 1. The van der Waals surface area contributed by atoms with Crippen LogP contribution in [0.3, 0.4) is 0 Å². The van der Waals surface area contributed by atoms with Crippen molar-refractivity contribution in [2.24, 2.45) is 0 Å². The van der Waals surface area contributed by atoms with Gasteiger partial charge in [-0.3, -0.25) is 14.4 Å². The number of imide groups is 1. The van der Waals surface area contributed by atoms with Gasteiger partial charge in [0.05, 0.1) is 16.5 Å². The lowest BCUT2D eigenvalue weighted by Gasteiger charge is -2.16. The number of anilines is 1. The number of amides is 2. The number of hydrogen-bond donors (Lipinski definition) is 1. The zero-order valence-electron chi connectivity index (χ0n) is 22.3. The molecule has 1 atom stereocenters. The van der Waals surface area contributed by atoms with E-state index in [9.17, 15) is 19.2 Å². The minimum absolute atomic E-state index is 0.0102. The SMILES string of the molecule is O=C(COC(=O)c1ccccc1SC1CC(=O)N(c2ccc3cc[nH]c3c2)C1=O)c1ccc2c(c1)Cc1ccccc1-2. The number of benzene rings is 4. The molecule has 2 aliphatic rings. The molecule has 2 heterocycles. The molecular weight excluding hydrogens is 548 g/mol. The molecule has 206 valence electrons. The van der Waals surface area contributed by atoms with Crippen LogP contribution < -0.4 is 4.90 Å². The largest absolute Gasteiger partial charge is 0.454 e. The van der Waals surface area contributed by atoms with Crippen molar-refractivity contribution in [3.63, 3.8) is 0 Å². The predicted octanol–water partition coefficient (Wildman–Crippen LogP) is 6.20. The minimum atomic E-state index is -0.692. The van der Waals surface area contributed by atoms with Crippen LogP contribution in [0.1, 0.15) is 38.3 Å². The summed E-state index contributed by atoms with van der Waals surface area (Å²) in [5.74, 6) is -1.59. The van der Waals surface area contributed by atoms with Gasteiger partial charge in [-0.25, -0.2) is 9.69 Å². The van der Waals surface area contributed by atoms with E-state index in [1.807, 2.05) is 36.4 Å². The third-order valence-corrected chi connectivity index (χ3v) is 8.99. The van der Waals surface area contributed by atoms with Crippen molar-refractivity contribution >= 4 is 51.9 Å². The molecule has 1 aromatic heterocycles. The summed E-state index contributed by atoms with van der Waals surface area (Å²) in [5.41, 5.74) is 6.67. The lowest BCUT2D eigenvalue weighted by atomic mass is 10.0. The average molecular weight is 573 g/mol. The number of rotatable bonds is 7. The molecule has 0 bridgehead atoms. The zero-order valence-corrected chi connectivity index (χ0v) is 23.1. The molecule has 7 rings (SSSR count). The first-order valence-corrected chi connectivity index (χ1v) is 14.5. The summed E-state index contributed by atoms with van der Waals surface area (Å²) in [6.07, 6.45) is 2.57. The fraction of sp³-hybridized carbons (Fsp3) is 0.118. The van der Waals surface area contributed by atoms with Crippen LogP contribution in [-0.4, -0.2) is 40.4 Å². The number of Topliss-reactive ketones (excluding diaryl/α,β-unsaturated/α-hetero) is 1. The van der Waals surface area contributed by atoms with Crippen LogP contribution >= 0.6 is 11.8 Å². The highest BCUT2D eigenvalue weighted by molar-refractivity contribution is 8.00. The number of ether oxygens (including phenoxy) is 1. The number of thioether (sulfide) groups is 1. The van der Waals surface area contributed by atoms with Gasteiger partial charge >= 0.3 is 5.97 Å². The number of H-pyrrole nitrogens is 1. The lowest BCUT2D eigenvalue weighted by Crippen LogP contribution is -2.31. The molecule has 4 aromatic carbocycles. The Morgan fingerprint density at radius 2 is 1.69 bits per heavy atom. The van der Waals surface area contributed by atoms with Crippen molar-refractivity contribution in [2.75, 3.05) is 11.5 Å². The molecule has 1 N–H and O–H groups in total. The van der Waals surface area contributed by atoms with E-state index >= 15 is 0 Å². The zero-order chi connectivity index (χ0) is 28.8. The van der Waals surface area contributed by atoms with Crippen molar-refractivity contribution in [3.8, 4) is 11.1 Å².